The van der Waals surface area contributed by atoms with Gasteiger partial charge < -0.3 is 10.0 Å². The van der Waals surface area contributed by atoms with E-state index in [4.69, 9.17) is 0 Å². The summed E-state index contributed by atoms with van der Waals surface area (Å²) in [5, 5.41) is 11.0. The molecule has 2 rings (SSSR count). The van der Waals surface area contributed by atoms with Gasteiger partial charge in [0.1, 0.15) is 5.60 Å². The highest BCUT2D eigenvalue weighted by molar-refractivity contribution is 5.27. The van der Waals surface area contributed by atoms with Gasteiger partial charge in [0, 0.05) is 12.3 Å². The Labute approximate surface area is 104 Å². The molecule has 1 saturated heterocycles. The number of rotatable bonds is 1. The molecule has 2 heteroatoms. The minimum absolute atomic E-state index is 0.307. The molecule has 0 amide bonds. The molecule has 0 bridgehead atoms. The highest BCUT2D eigenvalue weighted by atomic mass is 16.3. The van der Waals surface area contributed by atoms with Crippen LogP contribution < -0.4 is 4.90 Å². The van der Waals surface area contributed by atoms with Gasteiger partial charge in [-0.1, -0.05) is 36.8 Å². The summed E-state index contributed by atoms with van der Waals surface area (Å²) in [5.74, 6) is 0.307. The number of nitrogens with one attached hydrogen (secondary N) is 1. The molecule has 0 spiro atoms. The number of hydrogen-bond donors (Lipinski definition) is 2. The van der Waals surface area contributed by atoms with Crippen LogP contribution >= 0.6 is 0 Å². The first-order chi connectivity index (χ1) is 7.93. The molecule has 1 aliphatic heterocycles. The Kier molecular flexibility index (Phi) is 3.28. The molecule has 1 heterocycles. The Morgan fingerprint density at radius 2 is 1.82 bits per heavy atom. The minimum Gasteiger partial charge on any atom is -0.384 e. The number of hydrogen-bond acceptors (Lipinski definition) is 1. The Balaban J connectivity index is 2.31. The summed E-state index contributed by atoms with van der Waals surface area (Å²) in [6.45, 7) is 7.50. The van der Waals surface area contributed by atoms with Gasteiger partial charge in [-0.3, -0.25) is 0 Å². The Morgan fingerprint density at radius 3 is 2.41 bits per heavy atom. The second-order valence-corrected chi connectivity index (χ2v) is 5.85. The molecule has 2 N–H and O–H groups in total. The standard InChI is InChI=1S/C15H23NO/c1-11-5-7-14(8-6-11)15(17)9-13(3)16(4)10-12(15)2/h5-8,12-13,17H,9-10H2,1-4H3/p+1/t12-,13+,15+/m0/s1. The number of aliphatic hydroxyl groups is 1. The number of piperidine rings is 1. The van der Waals surface area contributed by atoms with Crippen LogP contribution in [0.25, 0.3) is 0 Å². The minimum atomic E-state index is -0.646. The third kappa shape index (κ3) is 2.24. The van der Waals surface area contributed by atoms with Crippen molar-refractivity contribution >= 4 is 0 Å². The van der Waals surface area contributed by atoms with Crippen molar-refractivity contribution in [3.05, 3.63) is 35.4 Å². The van der Waals surface area contributed by atoms with Crippen LogP contribution in [-0.4, -0.2) is 24.7 Å². The van der Waals surface area contributed by atoms with Gasteiger partial charge in [-0.25, -0.2) is 0 Å². The zero-order valence-corrected chi connectivity index (χ0v) is 11.3. The lowest BCUT2D eigenvalue weighted by molar-refractivity contribution is -0.916. The molecule has 0 radical (unpaired) electrons. The first-order valence-electron chi connectivity index (χ1n) is 6.55. The topological polar surface area (TPSA) is 24.7 Å². The van der Waals surface area contributed by atoms with Crippen LogP contribution in [0.4, 0.5) is 0 Å². The lowest BCUT2D eigenvalue weighted by Crippen LogP contribution is -3.15. The molecular weight excluding hydrogens is 210 g/mol. The molecule has 4 atom stereocenters. The molecule has 0 aliphatic carbocycles. The molecule has 0 aromatic heterocycles. The maximum Gasteiger partial charge on any atom is 0.103 e. The van der Waals surface area contributed by atoms with Crippen molar-refractivity contribution in [3.8, 4) is 0 Å². The third-order valence-electron chi connectivity index (χ3n) is 4.45. The summed E-state index contributed by atoms with van der Waals surface area (Å²) >= 11 is 0. The van der Waals surface area contributed by atoms with E-state index in [1.54, 1.807) is 0 Å². The van der Waals surface area contributed by atoms with E-state index in [0.717, 1.165) is 18.5 Å². The first kappa shape index (κ1) is 12.6. The van der Waals surface area contributed by atoms with E-state index >= 15 is 0 Å². The zero-order valence-electron chi connectivity index (χ0n) is 11.3. The van der Waals surface area contributed by atoms with Gasteiger partial charge in [0.2, 0.25) is 0 Å². The van der Waals surface area contributed by atoms with Crippen LogP contribution in [0.2, 0.25) is 0 Å². The Bertz CT molecular complexity index is 386. The lowest BCUT2D eigenvalue weighted by atomic mass is 9.74. The average Bonchev–Trinajstić information content (AvgIpc) is 2.27. The molecule has 1 unspecified atom stereocenters. The number of quaternary nitrogens is 1. The fraction of sp³-hybridized carbons (Fsp3) is 0.600. The summed E-state index contributed by atoms with van der Waals surface area (Å²) in [5.41, 5.74) is 1.68. The van der Waals surface area contributed by atoms with Gasteiger partial charge in [0.15, 0.2) is 0 Å². The Hall–Kier alpha value is -0.860. The Morgan fingerprint density at radius 1 is 1.24 bits per heavy atom. The van der Waals surface area contributed by atoms with Crippen molar-refractivity contribution in [2.45, 2.75) is 38.8 Å². The molecule has 0 saturated carbocycles. The molecular formula is C15H24NO+. The maximum absolute atomic E-state index is 11.0. The quantitative estimate of drug-likeness (QED) is 0.748. The summed E-state index contributed by atoms with van der Waals surface area (Å²) in [7, 11) is 2.22. The van der Waals surface area contributed by atoms with E-state index in [2.05, 4.69) is 52.1 Å². The summed E-state index contributed by atoms with van der Waals surface area (Å²) in [6.07, 6.45) is 0.850. The monoisotopic (exact) mass is 234 g/mol. The average molecular weight is 234 g/mol. The molecule has 1 aliphatic rings. The van der Waals surface area contributed by atoms with E-state index in [1.807, 2.05) is 0 Å². The van der Waals surface area contributed by atoms with Gasteiger partial charge in [-0.2, -0.15) is 0 Å². The van der Waals surface area contributed by atoms with Crippen molar-refractivity contribution < 1.29 is 10.0 Å². The molecule has 94 valence electrons. The molecule has 17 heavy (non-hydrogen) atoms. The lowest BCUT2D eigenvalue weighted by Gasteiger charge is -2.43. The van der Waals surface area contributed by atoms with Gasteiger partial charge in [-0.05, 0) is 19.4 Å². The molecule has 1 aromatic carbocycles. The van der Waals surface area contributed by atoms with Gasteiger partial charge in [-0.15, -0.1) is 0 Å². The van der Waals surface area contributed by atoms with Gasteiger partial charge in [0.05, 0.1) is 19.6 Å². The summed E-state index contributed by atoms with van der Waals surface area (Å²) in [4.78, 5) is 1.52. The third-order valence-corrected chi connectivity index (χ3v) is 4.45. The summed E-state index contributed by atoms with van der Waals surface area (Å²) < 4.78 is 0. The van der Waals surface area contributed by atoms with Crippen molar-refractivity contribution in [1.82, 2.24) is 0 Å². The van der Waals surface area contributed by atoms with Gasteiger partial charge >= 0.3 is 0 Å². The fourth-order valence-electron chi connectivity index (χ4n) is 2.94. The van der Waals surface area contributed by atoms with Gasteiger partial charge in [0.25, 0.3) is 0 Å². The SMILES string of the molecule is Cc1ccc([C@@]2(O)C[C@@H](C)[NH+](C)C[C@@H]2C)cc1. The van der Waals surface area contributed by atoms with Crippen molar-refractivity contribution in [2.24, 2.45) is 5.92 Å². The zero-order chi connectivity index (χ0) is 12.6. The number of aryl methyl sites for hydroxylation is 1. The van der Waals surface area contributed by atoms with Crippen LogP contribution in [-0.2, 0) is 5.60 Å². The highest BCUT2D eigenvalue weighted by Crippen LogP contribution is 2.35. The normalized spacial score (nSPS) is 38.1. The van der Waals surface area contributed by atoms with Crippen LogP contribution in [0.15, 0.2) is 24.3 Å². The number of benzene rings is 1. The van der Waals surface area contributed by atoms with Crippen molar-refractivity contribution in [2.75, 3.05) is 13.6 Å². The maximum atomic E-state index is 11.0. The van der Waals surface area contributed by atoms with Crippen LogP contribution in [0.1, 0.15) is 31.4 Å². The second-order valence-electron chi connectivity index (χ2n) is 5.85. The van der Waals surface area contributed by atoms with Crippen molar-refractivity contribution in [3.63, 3.8) is 0 Å². The largest absolute Gasteiger partial charge is 0.384 e. The summed E-state index contributed by atoms with van der Waals surface area (Å²) in [6, 6.07) is 8.86. The van der Waals surface area contributed by atoms with E-state index in [-0.39, 0.29) is 0 Å². The van der Waals surface area contributed by atoms with Crippen LogP contribution in [0.5, 0.6) is 0 Å². The van der Waals surface area contributed by atoms with Crippen LogP contribution in [0, 0.1) is 12.8 Å². The molecule has 2 nitrogen and oxygen atoms in total. The first-order valence-corrected chi connectivity index (χ1v) is 6.55. The van der Waals surface area contributed by atoms with E-state index in [0.29, 0.717) is 12.0 Å². The van der Waals surface area contributed by atoms with E-state index < -0.39 is 5.60 Å². The highest BCUT2D eigenvalue weighted by Gasteiger charge is 2.44. The smallest absolute Gasteiger partial charge is 0.103 e. The second kappa shape index (κ2) is 4.43. The molecule has 1 aromatic rings. The fourth-order valence-corrected chi connectivity index (χ4v) is 2.94. The predicted octanol–water partition coefficient (Wildman–Crippen LogP) is 1.13. The predicted molar refractivity (Wildman–Crippen MR) is 70.1 cm³/mol. The van der Waals surface area contributed by atoms with Crippen LogP contribution in [0.3, 0.4) is 0 Å². The van der Waals surface area contributed by atoms with E-state index in [1.165, 1.54) is 10.5 Å². The van der Waals surface area contributed by atoms with Crippen molar-refractivity contribution in [1.29, 1.82) is 0 Å². The molecule has 1 fully saturated rings. The number of likely N-dealkylation sites (tertiary alicyclic amines) is 1. The van der Waals surface area contributed by atoms with E-state index in [9.17, 15) is 5.11 Å².